The van der Waals surface area contributed by atoms with Gasteiger partial charge in [-0.05, 0) is 32.4 Å². The lowest BCUT2D eigenvalue weighted by Gasteiger charge is -2.12. The molecule has 0 radical (unpaired) electrons. The van der Waals surface area contributed by atoms with E-state index < -0.39 is 0 Å². The molecular weight excluding hydrogens is 256 g/mol. The zero-order valence-electron chi connectivity index (χ0n) is 9.21. The number of hydrogen-bond acceptors (Lipinski definition) is 2. The second-order valence-electron chi connectivity index (χ2n) is 3.36. The molecular formula is C12H15BrO2. The largest absolute Gasteiger partial charge is 0.493 e. The average molecular weight is 271 g/mol. The molecule has 0 aliphatic rings. The van der Waals surface area contributed by atoms with Gasteiger partial charge in [0.25, 0.3) is 0 Å². The lowest BCUT2D eigenvalue weighted by Crippen LogP contribution is -2.13. The van der Waals surface area contributed by atoms with Gasteiger partial charge in [0.05, 0.1) is 17.0 Å². The molecule has 1 atom stereocenters. The van der Waals surface area contributed by atoms with Crippen LogP contribution in [0.1, 0.15) is 29.8 Å². The number of aryl methyl sites for hydroxylation is 1. The summed E-state index contributed by atoms with van der Waals surface area (Å²) < 4.78 is 5.45. The summed E-state index contributed by atoms with van der Waals surface area (Å²) in [6.45, 7) is 6.23. The number of Topliss-reactive ketones (excluding diaryl/α,β-unsaturated/α-hetero) is 1. The Hall–Kier alpha value is -0.830. The molecule has 0 saturated carbocycles. The molecule has 0 aliphatic carbocycles. The van der Waals surface area contributed by atoms with Crippen LogP contribution in [0, 0.1) is 6.92 Å². The number of ketones is 1. The second kappa shape index (κ2) is 5.31. The van der Waals surface area contributed by atoms with E-state index in [4.69, 9.17) is 4.74 Å². The Morgan fingerprint density at radius 1 is 1.53 bits per heavy atom. The Labute approximate surface area is 98.8 Å². The quantitative estimate of drug-likeness (QED) is 0.620. The average Bonchev–Trinajstić information content (AvgIpc) is 2.17. The molecule has 0 heterocycles. The van der Waals surface area contributed by atoms with Crippen LogP contribution in [0.5, 0.6) is 5.75 Å². The van der Waals surface area contributed by atoms with Crippen molar-refractivity contribution in [3.8, 4) is 5.75 Å². The molecule has 0 amide bonds. The van der Waals surface area contributed by atoms with E-state index >= 15 is 0 Å². The van der Waals surface area contributed by atoms with Crippen molar-refractivity contribution in [2.24, 2.45) is 0 Å². The fraction of sp³-hybridized carbons (Fsp3) is 0.417. The number of ether oxygens (including phenoxy) is 1. The van der Waals surface area contributed by atoms with Crippen molar-refractivity contribution in [2.75, 3.05) is 6.61 Å². The zero-order valence-corrected chi connectivity index (χ0v) is 10.8. The lowest BCUT2D eigenvalue weighted by molar-refractivity contribution is 0.0991. The van der Waals surface area contributed by atoms with Gasteiger partial charge in [-0.1, -0.05) is 28.1 Å². The Kier molecular flexibility index (Phi) is 4.33. The van der Waals surface area contributed by atoms with Crippen molar-refractivity contribution in [1.82, 2.24) is 0 Å². The van der Waals surface area contributed by atoms with Crippen LogP contribution in [0.15, 0.2) is 18.2 Å². The van der Waals surface area contributed by atoms with Crippen LogP contribution < -0.4 is 4.74 Å². The molecule has 0 saturated heterocycles. The van der Waals surface area contributed by atoms with Crippen molar-refractivity contribution in [3.05, 3.63) is 29.3 Å². The molecule has 0 fully saturated rings. The number of carbonyl (C=O) groups excluding carboxylic acids is 1. The van der Waals surface area contributed by atoms with Crippen LogP contribution in [0.2, 0.25) is 0 Å². The molecule has 3 heteroatoms. The fourth-order valence-electron chi connectivity index (χ4n) is 1.43. The van der Waals surface area contributed by atoms with Crippen molar-refractivity contribution < 1.29 is 9.53 Å². The standard InChI is InChI=1S/C12H15BrO2/c1-4-15-10-7-5-6-8(2)11(10)12(14)9(3)13/h5-7,9H,4H2,1-3H3. The van der Waals surface area contributed by atoms with Gasteiger partial charge in [0.1, 0.15) is 5.75 Å². The first-order valence-electron chi connectivity index (χ1n) is 4.98. The Balaban J connectivity index is 3.18. The SMILES string of the molecule is CCOc1cccc(C)c1C(=O)C(C)Br. The maximum absolute atomic E-state index is 11.9. The smallest absolute Gasteiger partial charge is 0.180 e. The monoisotopic (exact) mass is 270 g/mol. The van der Waals surface area contributed by atoms with E-state index in [1.54, 1.807) is 0 Å². The number of alkyl halides is 1. The highest BCUT2D eigenvalue weighted by molar-refractivity contribution is 9.10. The Bertz CT molecular complexity index is 359. The minimum atomic E-state index is -0.183. The molecule has 1 aromatic rings. The number of hydrogen-bond donors (Lipinski definition) is 0. The van der Waals surface area contributed by atoms with E-state index in [0.717, 1.165) is 5.56 Å². The summed E-state index contributed by atoms with van der Waals surface area (Å²) in [6.07, 6.45) is 0. The number of benzene rings is 1. The molecule has 0 bridgehead atoms. The minimum absolute atomic E-state index is 0.0663. The summed E-state index contributed by atoms with van der Waals surface area (Å²) in [5.41, 5.74) is 1.64. The normalized spacial score (nSPS) is 12.3. The third kappa shape index (κ3) is 2.81. The molecule has 82 valence electrons. The summed E-state index contributed by atoms with van der Waals surface area (Å²) in [5, 5.41) is 0. The number of rotatable bonds is 4. The highest BCUT2D eigenvalue weighted by Gasteiger charge is 2.18. The highest BCUT2D eigenvalue weighted by Crippen LogP contribution is 2.25. The van der Waals surface area contributed by atoms with Crippen molar-refractivity contribution in [2.45, 2.75) is 25.6 Å². The molecule has 2 nitrogen and oxygen atoms in total. The van der Waals surface area contributed by atoms with Gasteiger partial charge in [0.2, 0.25) is 0 Å². The van der Waals surface area contributed by atoms with E-state index in [-0.39, 0.29) is 10.6 Å². The van der Waals surface area contributed by atoms with Gasteiger partial charge >= 0.3 is 0 Å². The first-order chi connectivity index (χ1) is 7.07. The van der Waals surface area contributed by atoms with Crippen LogP contribution >= 0.6 is 15.9 Å². The fourth-order valence-corrected chi connectivity index (χ4v) is 1.66. The number of carbonyl (C=O) groups is 1. The third-order valence-electron chi connectivity index (χ3n) is 2.14. The topological polar surface area (TPSA) is 26.3 Å². The van der Waals surface area contributed by atoms with Crippen LogP contribution in [0.3, 0.4) is 0 Å². The maximum Gasteiger partial charge on any atom is 0.180 e. The summed E-state index contributed by atoms with van der Waals surface area (Å²) in [4.78, 5) is 11.8. The predicted molar refractivity (Wildman–Crippen MR) is 65.1 cm³/mol. The van der Waals surface area contributed by atoms with E-state index in [9.17, 15) is 4.79 Å². The Morgan fingerprint density at radius 3 is 2.73 bits per heavy atom. The number of halogens is 1. The van der Waals surface area contributed by atoms with Crippen molar-refractivity contribution >= 4 is 21.7 Å². The highest BCUT2D eigenvalue weighted by atomic mass is 79.9. The molecule has 0 spiro atoms. The van der Waals surface area contributed by atoms with Gasteiger partial charge in [-0.3, -0.25) is 4.79 Å². The van der Waals surface area contributed by atoms with E-state index in [2.05, 4.69) is 15.9 Å². The molecule has 1 unspecified atom stereocenters. The summed E-state index contributed by atoms with van der Waals surface area (Å²) in [6, 6.07) is 5.65. The van der Waals surface area contributed by atoms with Crippen LogP contribution in [0.4, 0.5) is 0 Å². The molecule has 0 aromatic heterocycles. The summed E-state index contributed by atoms with van der Waals surface area (Å²) in [7, 11) is 0. The van der Waals surface area contributed by atoms with Gasteiger partial charge in [-0.15, -0.1) is 0 Å². The minimum Gasteiger partial charge on any atom is -0.493 e. The van der Waals surface area contributed by atoms with Crippen LogP contribution in [0.25, 0.3) is 0 Å². The molecule has 15 heavy (non-hydrogen) atoms. The van der Waals surface area contributed by atoms with Gasteiger partial charge in [-0.2, -0.15) is 0 Å². The molecule has 0 N–H and O–H groups in total. The Morgan fingerprint density at radius 2 is 2.20 bits per heavy atom. The molecule has 1 rings (SSSR count). The maximum atomic E-state index is 11.9. The van der Waals surface area contributed by atoms with Crippen molar-refractivity contribution in [1.29, 1.82) is 0 Å². The second-order valence-corrected chi connectivity index (χ2v) is 4.73. The first kappa shape index (κ1) is 12.2. The van der Waals surface area contributed by atoms with E-state index in [1.165, 1.54) is 0 Å². The first-order valence-corrected chi connectivity index (χ1v) is 5.90. The van der Waals surface area contributed by atoms with Crippen LogP contribution in [-0.2, 0) is 0 Å². The van der Waals surface area contributed by atoms with E-state index in [0.29, 0.717) is 17.9 Å². The third-order valence-corrected chi connectivity index (χ3v) is 2.56. The van der Waals surface area contributed by atoms with Crippen LogP contribution in [-0.4, -0.2) is 17.2 Å². The van der Waals surface area contributed by atoms with Gasteiger partial charge in [0, 0.05) is 0 Å². The predicted octanol–water partition coefficient (Wildman–Crippen LogP) is 3.36. The van der Waals surface area contributed by atoms with Gasteiger partial charge in [-0.25, -0.2) is 0 Å². The molecule has 0 aliphatic heterocycles. The summed E-state index contributed by atoms with van der Waals surface area (Å²) in [5.74, 6) is 0.741. The summed E-state index contributed by atoms with van der Waals surface area (Å²) >= 11 is 3.29. The molecule has 1 aromatic carbocycles. The van der Waals surface area contributed by atoms with Gasteiger partial charge < -0.3 is 4.74 Å². The van der Waals surface area contributed by atoms with E-state index in [1.807, 2.05) is 39.0 Å². The lowest BCUT2D eigenvalue weighted by atomic mass is 10.0. The zero-order chi connectivity index (χ0) is 11.4. The van der Waals surface area contributed by atoms with Crippen molar-refractivity contribution in [3.63, 3.8) is 0 Å². The van der Waals surface area contributed by atoms with Gasteiger partial charge in [0.15, 0.2) is 5.78 Å².